The zero-order chi connectivity index (χ0) is 33.8. The normalized spacial score (nSPS) is 11.6. The first-order valence-corrected chi connectivity index (χ1v) is 15.9. The summed E-state index contributed by atoms with van der Waals surface area (Å²) in [5, 5.41) is 1.97. The number of methoxy groups -OCH3 is 2. The number of ether oxygens (including phenoxy) is 2. The van der Waals surface area contributed by atoms with Crippen LogP contribution < -0.4 is 9.47 Å². The smallest absolute Gasteiger partial charge is 0.263 e. The average molecular weight is 645 g/mol. The number of likely N-dealkylation sites (N-methyl/N-ethyl adjacent to an activating group) is 2. The molecule has 0 bridgehead atoms. The van der Waals surface area contributed by atoms with Crippen LogP contribution in [0.4, 0.5) is 0 Å². The first-order valence-electron chi connectivity index (χ1n) is 15.9. The molecule has 0 fully saturated rings. The van der Waals surface area contributed by atoms with Crippen molar-refractivity contribution in [2.75, 3.05) is 48.5 Å². The Morgan fingerprint density at radius 1 is 0.708 bits per heavy atom. The van der Waals surface area contributed by atoms with Crippen molar-refractivity contribution in [3.8, 4) is 11.5 Å². The zero-order valence-electron chi connectivity index (χ0n) is 28.0. The van der Waals surface area contributed by atoms with Crippen molar-refractivity contribution in [2.45, 2.75) is 19.4 Å². The van der Waals surface area contributed by atoms with Crippen LogP contribution in [-0.2, 0) is 19.4 Å². The number of carbonyl (C=O) groups excluding carboxylic acids is 2. The minimum atomic E-state index is -0.141. The summed E-state index contributed by atoms with van der Waals surface area (Å²) >= 11 is 0. The van der Waals surface area contributed by atoms with E-state index in [0.29, 0.717) is 30.6 Å². The van der Waals surface area contributed by atoms with Crippen molar-refractivity contribution in [2.24, 2.45) is 0 Å². The van der Waals surface area contributed by atoms with Crippen molar-refractivity contribution in [1.82, 2.24) is 28.9 Å². The molecule has 10 heteroatoms. The van der Waals surface area contributed by atoms with Crippen LogP contribution in [0.5, 0.6) is 11.5 Å². The predicted molar refractivity (Wildman–Crippen MR) is 187 cm³/mol. The molecular weight excluding hydrogens is 604 g/mol. The second-order valence-corrected chi connectivity index (χ2v) is 12.2. The van der Waals surface area contributed by atoms with Gasteiger partial charge >= 0.3 is 0 Å². The van der Waals surface area contributed by atoms with Gasteiger partial charge in [0.25, 0.3) is 11.8 Å². The Bertz CT molecular complexity index is 2080. The highest BCUT2D eigenvalue weighted by molar-refractivity contribution is 6.04. The molecule has 10 nitrogen and oxygen atoms in total. The van der Waals surface area contributed by atoms with Crippen LogP contribution in [0.2, 0.25) is 0 Å². The van der Waals surface area contributed by atoms with E-state index in [2.05, 4.69) is 19.8 Å². The van der Waals surface area contributed by atoms with Crippen molar-refractivity contribution in [1.29, 1.82) is 0 Å². The van der Waals surface area contributed by atoms with Gasteiger partial charge in [0.05, 0.1) is 30.8 Å². The SMILES string of the molecule is COc1ccc2c(c1)c(CCN(C)Cc1cnccc1C(=O)n1cc(CCN(C)C)c3cc(OC)ccc31)cn2C(=O)c1cccnc1. The summed E-state index contributed by atoms with van der Waals surface area (Å²) in [6.07, 6.45) is 12.0. The standard InChI is InChI=1S/C38H40N6O4/c1-41(2)17-13-27-25-44(36-11-9-31(48-5)19-33(27)36)38(46)32-12-16-40-22-29(32)23-42(3)18-14-28-24-43(37(45)26-7-6-15-39-21-26)35-10-8-30(47-4)20-34(28)35/h6-12,15-16,19-22,24-25H,13-14,17-18,23H2,1-5H3. The molecule has 0 amide bonds. The number of nitrogens with zero attached hydrogens (tertiary/aromatic N) is 6. The molecule has 0 N–H and O–H groups in total. The second-order valence-electron chi connectivity index (χ2n) is 12.2. The molecule has 246 valence electrons. The zero-order valence-corrected chi connectivity index (χ0v) is 28.0. The molecule has 0 aliphatic heterocycles. The molecule has 4 aromatic heterocycles. The highest BCUT2D eigenvalue weighted by atomic mass is 16.5. The molecular formula is C38H40N6O4. The Balaban J connectivity index is 1.24. The van der Waals surface area contributed by atoms with Gasteiger partial charge in [-0.15, -0.1) is 0 Å². The summed E-state index contributed by atoms with van der Waals surface area (Å²) < 4.78 is 14.4. The van der Waals surface area contributed by atoms with Gasteiger partial charge in [0.2, 0.25) is 0 Å². The largest absolute Gasteiger partial charge is 0.497 e. The van der Waals surface area contributed by atoms with Gasteiger partial charge in [-0.05, 0) is 105 Å². The highest BCUT2D eigenvalue weighted by Crippen LogP contribution is 2.29. The first kappa shape index (κ1) is 32.6. The fourth-order valence-corrected chi connectivity index (χ4v) is 6.09. The summed E-state index contributed by atoms with van der Waals surface area (Å²) in [7, 11) is 9.40. The van der Waals surface area contributed by atoms with Gasteiger partial charge in [-0.2, -0.15) is 0 Å². The van der Waals surface area contributed by atoms with E-state index < -0.39 is 0 Å². The number of benzene rings is 2. The monoisotopic (exact) mass is 644 g/mol. The van der Waals surface area contributed by atoms with E-state index in [1.165, 1.54) is 0 Å². The van der Waals surface area contributed by atoms with Crippen LogP contribution in [0.3, 0.4) is 0 Å². The third-order valence-electron chi connectivity index (χ3n) is 8.70. The third kappa shape index (κ3) is 6.71. The maximum Gasteiger partial charge on any atom is 0.263 e. The summed E-state index contributed by atoms with van der Waals surface area (Å²) in [5.74, 6) is 1.24. The lowest BCUT2D eigenvalue weighted by Gasteiger charge is -2.18. The number of aromatic nitrogens is 4. The van der Waals surface area contributed by atoms with Crippen LogP contribution >= 0.6 is 0 Å². The molecule has 0 aliphatic carbocycles. The molecule has 0 unspecified atom stereocenters. The fourth-order valence-electron chi connectivity index (χ4n) is 6.09. The lowest BCUT2D eigenvalue weighted by Crippen LogP contribution is -2.23. The van der Waals surface area contributed by atoms with E-state index in [9.17, 15) is 9.59 Å². The third-order valence-corrected chi connectivity index (χ3v) is 8.70. The molecule has 2 aromatic carbocycles. The van der Waals surface area contributed by atoms with E-state index in [-0.39, 0.29) is 11.8 Å². The van der Waals surface area contributed by atoms with E-state index in [0.717, 1.165) is 63.0 Å². The first-order chi connectivity index (χ1) is 23.3. The molecule has 4 heterocycles. The quantitative estimate of drug-likeness (QED) is 0.171. The number of hydrogen-bond acceptors (Lipinski definition) is 8. The Morgan fingerprint density at radius 3 is 1.90 bits per heavy atom. The van der Waals surface area contributed by atoms with Crippen LogP contribution in [-0.4, -0.2) is 89.2 Å². The second kappa shape index (κ2) is 14.2. The number of rotatable bonds is 12. The Morgan fingerprint density at radius 2 is 1.31 bits per heavy atom. The molecule has 0 radical (unpaired) electrons. The Labute approximate surface area is 280 Å². The van der Waals surface area contributed by atoms with Gasteiger partial charge < -0.3 is 19.3 Å². The van der Waals surface area contributed by atoms with Crippen molar-refractivity contribution >= 4 is 33.6 Å². The number of carbonyl (C=O) groups is 2. The van der Waals surface area contributed by atoms with Crippen molar-refractivity contribution in [3.63, 3.8) is 0 Å². The molecule has 0 atom stereocenters. The lowest BCUT2D eigenvalue weighted by molar-refractivity contribution is 0.0955. The number of fused-ring (bicyclic) bond motifs is 2. The Kier molecular flexibility index (Phi) is 9.65. The molecule has 0 saturated carbocycles. The molecule has 6 rings (SSSR count). The van der Waals surface area contributed by atoms with Gasteiger partial charge in [-0.1, -0.05) is 0 Å². The van der Waals surface area contributed by atoms with Gasteiger partial charge in [0, 0.05) is 73.2 Å². The molecule has 0 aliphatic rings. The summed E-state index contributed by atoms with van der Waals surface area (Å²) in [6, 6.07) is 16.9. The van der Waals surface area contributed by atoms with Crippen LogP contribution in [0.25, 0.3) is 21.8 Å². The summed E-state index contributed by atoms with van der Waals surface area (Å²) in [6.45, 7) is 2.06. The van der Waals surface area contributed by atoms with Gasteiger partial charge in [0.1, 0.15) is 11.5 Å². The van der Waals surface area contributed by atoms with E-state index in [4.69, 9.17) is 9.47 Å². The van der Waals surface area contributed by atoms with Crippen molar-refractivity contribution < 1.29 is 19.1 Å². The van der Waals surface area contributed by atoms with Crippen LogP contribution in [0.15, 0.2) is 91.8 Å². The van der Waals surface area contributed by atoms with Gasteiger partial charge in [0.15, 0.2) is 0 Å². The van der Waals surface area contributed by atoms with Crippen LogP contribution in [0, 0.1) is 0 Å². The minimum Gasteiger partial charge on any atom is -0.497 e. The summed E-state index contributed by atoms with van der Waals surface area (Å²) in [4.78, 5) is 40.4. The van der Waals surface area contributed by atoms with E-state index in [1.54, 1.807) is 66.3 Å². The molecule has 6 aromatic rings. The van der Waals surface area contributed by atoms with Gasteiger partial charge in [-0.3, -0.25) is 28.7 Å². The average Bonchev–Trinajstić information content (AvgIpc) is 3.67. The predicted octanol–water partition coefficient (Wildman–Crippen LogP) is 5.56. The van der Waals surface area contributed by atoms with Crippen molar-refractivity contribution in [3.05, 3.63) is 120 Å². The lowest BCUT2D eigenvalue weighted by atomic mass is 10.1. The minimum absolute atomic E-state index is 0.101. The maximum atomic E-state index is 14.2. The van der Waals surface area contributed by atoms with Crippen LogP contribution in [0.1, 0.15) is 37.4 Å². The molecule has 48 heavy (non-hydrogen) atoms. The molecule has 0 saturated heterocycles. The fraction of sp³-hybridized carbons (Fsp3) is 0.263. The van der Waals surface area contributed by atoms with Gasteiger partial charge in [-0.25, -0.2) is 0 Å². The molecule has 0 spiro atoms. The number of hydrogen-bond donors (Lipinski definition) is 0. The van der Waals surface area contributed by atoms with E-state index in [1.807, 2.05) is 69.9 Å². The topological polar surface area (TPSA) is 94.7 Å². The summed E-state index contributed by atoms with van der Waals surface area (Å²) in [5.41, 5.74) is 5.73. The highest BCUT2D eigenvalue weighted by Gasteiger charge is 2.21. The van der Waals surface area contributed by atoms with E-state index >= 15 is 0 Å². The maximum absolute atomic E-state index is 14.2. The Hall–Kier alpha value is -5.32. The number of pyridine rings is 2.